The first kappa shape index (κ1) is 16.9. The molecule has 1 atom stereocenters. The average Bonchev–Trinajstić information content (AvgIpc) is 3.12. The third-order valence-corrected chi connectivity index (χ3v) is 4.45. The Balaban J connectivity index is 1.75. The van der Waals surface area contributed by atoms with Crippen LogP contribution in [0, 0.1) is 0 Å². The smallest absolute Gasteiger partial charge is 0.269 e. The summed E-state index contributed by atoms with van der Waals surface area (Å²) in [6.07, 6.45) is 3.48. The fourth-order valence-electron chi connectivity index (χ4n) is 3.07. The molecule has 0 spiro atoms. The number of H-pyrrole nitrogens is 1. The number of nitrogens with two attached hydrogens (primary N) is 1. The van der Waals surface area contributed by atoms with E-state index in [9.17, 15) is 9.59 Å². The molecule has 2 aromatic heterocycles. The molecule has 2 aromatic rings. The van der Waals surface area contributed by atoms with Crippen LogP contribution in [0.4, 0.5) is 5.82 Å². The van der Waals surface area contributed by atoms with Gasteiger partial charge in [-0.3, -0.25) is 14.7 Å². The second-order valence-electron chi connectivity index (χ2n) is 6.46. The molecular formula is C17H22N6O2. The maximum absolute atomic E-state index is 12.8. The number of pyridine rings is 1. The molecule has 1 aliphatic rings. The summed E-state index contributed by atoms with van der Waals surface area (Å²) in [4.78, 5) is 32.0. The lowest BCUT2D eigenvalue weighted by Crippen LogP contribution is -2.39. The fourth-order valence-corrected chi connectivity index (χ4v) is 3.07. The minimum atomic E-state index is -0.556. The summed E-state index contributed by atoms with van der Waals surface area (Å²) in [5.74, 6) is 0.302. The molecule has 1 aliphatic heterocycles. The molecule has 1 saturated heterocycles. The van der Waals surface area contributed by atoms with Gasteiger partial charge < -0.3 is 15.5 Å². The molecule has 1 fully saturated rings. The number of likely N-dealkylation sites (tertiary alicyclic amines) is 1. The van der Waals surface area contributed by atoms with Crippen molar-refractivity contribution in [2.45, 2.75) is 18.8 Å². The van der Waals surface area contributed by atoms with Gasteiger partial charge in [0.2, 0.25) is 0 Å². The highest BCUT2D eigenvalue weighted by atomic mass is 16.2. The number of nitrogens with one attached hydrogen (secondary N) is 1. The third-order valence-electron chi connectivity index (χ3n) is 4.45. The number of primary amides is 1. The fraction of sp³-hybridized carbons (Fsp3) is 0.412. The Morgan fingerprint density at radius 2 is 2.16 bits per heavy atom. The standard InChI is InChI=1S/C17H22N6O2/c1-22(2)15-8-11(5-6-19-15)17(25)23-7-3-4-12(10-23)13-9-14(16(18)24)21-20-13/h5-6,8-9,12H,3-4,7,10H2,1-2H3,(H2,18,24)(H,20,21)/t12-/m0/s1. The first-order valence-electron chi connectivity index (χ1n) is 8.23. The molecule has 3 rings (SSSR count). The number of piperidine rings is 1. The highest BCUT2D eigenvalue weighted by Crippen LogP contribution is 2.27. The molecule has 0 saturated carbocycles. The van der Waals surface area contributed by atoms with Gasteiger partial charge in [0.15, 0.2) is 0 Å². The van der Waals surface area contributed by atoms with Crippen molar-refractivity contribution in [1.29, 1.82) is 0 Å². The van der Waals surface area contributed by atoms with Crippen molar-refractivity contribution in [3.63, 3.8) is 0 Å². The zero-order valence-corrected chi connectivity index (χ0v) is 14.4. The summed E-state index contributed by atoms with van der Waals surface area (Å²) in [6.45, 7) is 1.30. The second-order valence-corrected chi connectivity index (χ2v) is 6.46. The van der Waals surface area contributed by atoms with Crippen LogP contribution >= 0.6 is 0 Å². The predicted octanol–water partition coefficient (Wildman–Crippen LogP) is 0.989. The van der Waals surface area contributed by atoms with Crippen molar-refractivity contribution in [1.82, 2.24) is 20.1 Å². The lowest BCUT2D eigenvalue weighted by molar-refractivity contribution is 0.0705. The molecule has 132 valence electrons. The molecule has 25 heavy (non-hydrogen) atoms. The maximum Gasteiger partial charge on any atom is 0.269 e. The number of carbonyl (C=O) groups excluding carboxylic acids is 2. The van der Waals surface area contributed by atoms with Crippen molar-refractivity contribution < 1.29 is 9.59 Å². The first-order valence-corrected chi connectivity index (χ1v) is 8.23. The van der Waals surface area contributed by atoms with Crippen molar-refractivity contribution >= 4 is 17.6 Å². The van der Waals surface area contributed by atoms with E-state index in [1.165, 1.54) is 0 Å². The number of amides is 2. The van der Waals surface area contributed by atoms with E-state index in [0.29, 0.717) is 18.7 Å². The topological polar surface area (TPSA) is 108 Å². The average molecular weight is 342 g/mol. The summed E-state index contributed by atoms with van der Waals surface area (Å²) in [6, 6.07) is 5.21. The Kier molecular flexibility index (Phi) is 4.69. The van der Waals surface area contributed by atoms with Crippen LogP contribution in [0.3, 0.4) is 0 Å². The zero-order valence-electron chi connectivity index (χ0n) is 14.4. The molecule has 8 nitrogen and oxygen atoms in total. The van der Waals surface area contributed by atoms with Gasteiger partial charge in [-0.25, -0.2) is 4.98 Å². The molecule has 8 heteroatoms. The van der Waals surface area contributed by atoms with Gasteiger partial charge in [0, 0.05) is 50.6 Å². The number of anilines is 1. The molecule has 0 radical (unpaired) electrons. The minimum Gasteiger partial charge on any atom is -0.364 e. The number of rotatable bonds is 4. The summed E-state index contributed by atoms with van der Waals surface area (Å²) < 4.78 is 0. The molecule has 0 bridgehead atoms. The Labute approximate surface area is 146 Å². The number of hydrogen-bond donors (Lipinski definition) is 2. The summed E-state index contributed by atoms with van der Waals surface area (Å²) in [5.41, 5.74) is 6.95. The van der Waals surface area contributed by atoms with Crippen molar-refractivity contribution in [2.75, 3.05) is 32.1 Å². The molecule has 3 N–H and O–H groups in total. The summed E-state index contributed by atoms with van der Waals surface area (Å²) >= 11 is 0. The number of aromatic nitrogens is 3. The van der Waals surface area contributed by atoms with Crippen LogP contribution in [0.25, 0.3) is 0 Å². The van der Waals surface area contributed by atoms with Crippen molar-refractivity contribution in [3.8, 4) is 0 Å². The van der Waals surface area contributed by atoms with E-state index in [1.54, 1.807) is 24.4 Å². The van der Waals surface area contributed by atoms with Crippen LogP contribution in [0.1, 0.15) is 45.3 Å². The van der Waals surface area contributed by atoms with E-state index in [2.05, 4.69) is 15.2 Å². The Bertz CT molecular complexity index is 785. The van der Waals surface area contributed by atoms with Crippen LogP contribution in [0.15, 0.2) is 24.4 Å². The van der Waals surface area contributed by atoms with Gasteiger partial charge in [-0.05, 0) is 31.0 Å². The van der Waals surface area contributed by atoms with Gasteiger partial charge in [-0.1, -0.05) is 0 Å². The van der Waals surface area contributed by atoms with E-state index >= 15 is 0 Å². The monoisotopic (exact) mass is 342 g/mol. The highest BCUT2D eigenvalue weighted by Gasteiger charge is 2.27. The van der Waals surface area contributed by atoms with E-state index in [0.717, 1.165) is 24.4 Å². The van der Waals surface area contributed by atoms with E-state index in [-0.39, 0.29) is 17.5 Å². The molecular weight excluding hydrogens is 320 g/mol. The van der Waals surface area contributed by atoms with Gasteiger partial charge in [0.25, 0.3) is 11.8 Å². The Morgan fingerprint density at radius 1 is 1.36 bits per heavy atom. The first-order chi connectivity index (χ1) is 12.0. The van der Waals surface area contributed by atoms with Crippen LogP contribution in [0.5, 0.6) is 0 Å². The van der Waals surface area contributed by atoms with Crippen LogP contribution in [-0.4, -0.2) is 59.1 Å². The van der Waals surface area contributed by atoms with Gasteiger partial charge in [0.05, 0.1) is 0 Å². The SMILES string of the molecule is CN(C)c1cc(C(=O)N2CCC[C@H](c3cc(C(N)=O)n[nH]3)C2)ccn1. The lowest BCUT2D eigenvalue weighted by atomic mass is 9.94. The van der Waals surface area contributed by atoms with Crippen LogP contribution < -0.4 is 10.6 Å². The summed E-state index contributed by atoms with van der Waals surface area (Å²) in [5, 5.41) is 6.81. The molecule has 0 aromatic carbocycles. The van der Waals surface area contributed by atoms with E-state index in [4.69, 9.17) is 5.73 Å². The quantitative estimate of drug-likeness (QED) is 0.861. The number of aromatic amines is 1. The van der Waals surface area contributed by atoms with Gasteiger partial charge in [-0.15, -0.1) is 0 Å². The third kappa shape index (κ3) is 3.62. The van der Waals surface area contributed by atoms with E-state index in [1.807, 2.05) is 23.9 Å². The zero-order chi connectivity index (χ0) is 18.0. The molecule has 2 amide bonds. The minimum absolute atomic E-state index is 0.00941. The normalized spacial score (nSPS) is 17.4. The van der Waals surface area contributed by atoms with Gasteiger partial charge in [0.1, 0.15) is 11.5 Å². The van der Waals surface area contributed by atoms with Crippen LogP contribution in [0.2, 0.25) is 0 Å². The van der Waals surface area contributed by atoms with Crippen molar-refractivity contribution in [3.05, 3.63) is 41.3 Å². The molecule has 0 unspecified atom stereocenters. The largest absolute Gasteiger partial charge is 0.364 e. The number of nitrogens with zero attached hydrogens (tertiary/aromatic N) is 4. The lowest BCUT2D eigenvalue weighted by Gasteiger charge is -2.32. The highest BCUT2D eigenvalue weighted by molar-refractivity contribution is 5.95. The Morgan fingerprint density at radius 3 is 2.84 bits per heavy atom. The van der Waals surface area contributed by atoms with E-state index < -0.39 is 5.91 Å². The van der Waals surface area contributed by atoms with Gasteiger partial charge >= 0.3 is 0 Å². The number of carbonyl (C=O) groups is 2. The second kappa shape index (κ2) is 6.92. The molecule has 0 aliphatic carbocycles. The Hall–Kier alpha value is -2.90. The van der Waals surface area contributed by atoms with Crippen molar-refractivity contribution in [2.24, 2.45) is 5.73 Å². The summed E-state index contributed by atoms with van der Waals surface area (Å²) in [7, 11) is 3.78. The van der Waals surface area contributed by atoms with Gasteiger partial charge in [-0.2, -0.15) is 5.10 Å². The maximum atomic E-state index is 12.8. The van der Waals surface area contributed by atoms with Crippen LogP contribution in [-0.2, 0) is 0 Å². The molecule has 3 heterocycles. The predicted molar refractivity (Wildman–Crippen MR) is 93.5 cm³/mol. The number of hydrogen-bond acceptors (Lipinski definition) is 5.